The number of nitrogens with two attached hydrogens (primary N) is 1. The molecule has 1 nitrogen and oxygen atoms in total. The van der Waals surface area contributed by atoms with Crippen molar-refractivity contribution >= 4 is 0 Å². The third-order valence-electron chi connectivity index (χ3n) is 0.787. The fourth-order valence-corrected chi connectivity index (χ4v) is 0.401. The summed E-state index contributed by atoms with van der Waals surface area (Å²) >= 11 is 0. The predicted octanol–water partition coefficient (Wildman–Crippen LogP) is 1.82. The molecule has 0 aromatic heterocycles. The van der Waals surface area contributed by atoms with E-state index in [-0.39, 0.29) is 0 Å². The highest BCUT2D eigenvalue weighted by Gasteiger charge is 1.72. The second-order valence-electron chi connectivity index (χ2n) is 1.77. The van der Waals surface area contributed by atoms with Crippen LogP contribution in [0.5, 0.6) is 0 Å². The number of unbranched alkanes of at least 4 members (excludes halogenated alkanes) is 1. The number of hydrogen-bond donors (Lipinski definition) is 1. The molecule has 0 saturated heterocycles. The largest absolute Gasteiger partial charge is 0.399 e. The second-order valence-corrected chi connectivity index (χ2v) is 1.77. The quantitative estimate of drug-likeness (QED) is 0.552. The Balaban J connectivity index is 3.20. The highest BCUT2D eigenvalue weighted by atomic mass is 14.5. The van der Waals surface area contributed by atoms with E-state index in [1.165, 1.54) is 6.42 Å². The zero-order chi connectivity index (χ0) is 6.41. The molecule has 46 valence electrons. The Labute approximate surface area is 50.9 Å². The molecule has 0 saturated carbocycles. The Morgan fingerprint density at radius 3 is 2.75 bits per heavy atom. The van der Waals surface area contributed by atoms with Gasteiger partial charge in [0.1, 0.15) is 0 Å². The molecule has 0 unspecified atom stereocenters. The summed E-state index contributed by atoms with van der Waals surface area (Å²) < 4.78 is 0. The first-order chi connectivity index (χ1) is 3.77. The van der Waals surface area contributed by atoms with Crippen LogP contribution in [0.2, 0.25) is 0 Å². The maximum absolute atomic E-state index is 5.25. The zero-order valence-electron chi connectivity index (χ0n) is 5.35. The molecular weight excluding hydrogens is 98.1 g/mol. The van der Waals surface area contributed by atoms with E-state index in [0.29, 0.717) is 5.70 Å². The molecular formula is C7H13N. The van der Waals surface area contributed by atoms with Gasteiger partial charge in [-0.15, -0.1) is 0 Å². The molecule has 0 spiro atoms. The molecule has 0 fully saturated rings. The first-order valence-electron chi connectivity index (χ1n) is 2.88. The van der Waals surface area contributed by atoms with Crippen molar-refractivity contribution < 1.29 is 0 Å². The molecule has 0 aliphatic carbocycles. The lowest BCUT2D eigenvalue weighted by molar-refractivity contribution is 0.957. The van der Waals surface area contributed by atoms with E-state index >= 15 is 0 Å². The van der Waals surface area contributed by atoms with Crippen LogP contribution < -0.4 is 5.73 Å². The first-order valence-corrected chi connectivity index (χ1v) is 2.88. The van der Waals surface area contributed by atoms with E-state index in [4.69, 9.17) is 5.73 Å². The van der Waals surface area contributed by atoms with E-state index in [1.807, 2.05) is 12.2 Å². The van der Waals surface area contributed by atoms with Gasteiger partial charge >= 0.3 is 0 Å². The summed E-state index contributed by atoms with van der Waals surface area (Å²) in [5.74, 6) is 0. The highest BCUT2D eigenvalue weighted by Crippen LogP contribution is 1.89. The smallest absolute Gasteiger partial charge is 0.0237 e. The first kappa shape index (κ1) is 7.28. The highest BCUT2D eigenvalue weighted by molar-refractivity contribution is 5.09. The van der Waals surface area contributed by atoms with Gasteiger partial charge in [-0.2, -0.15) is 0 Å². The summed E-state index contributed by atoms with van der Waals surface area (Å²) in [4.78, 5) is 0. The average Bonchev–Trinajstić information content (AvgIpc) is 1.66. The van der Waals surface area contributed by atoms with Gasteiger partial charge < -0.3 is 5.73 Å². The van der Waals surface area contributed by atoms with Crippen LogP contribution in [0.4, 0.5) is 0 Å². The van der Waals surface area contributed by atoms with Crippen molar-refractivity contribution in [2.75, 3.05) is 0 Å². The Morgan fingerprint density at radius 1 is 1.75 bits per heavy atom. The fraction of sp³-hybridized carbons (Fsp3) is 0.429. The SMILES string of the molecule is C=C(N)/C=C/CCC. The average molecular weight is 111 g/mol. The van der Waals surface area contributed by atoms with E-state index in [9.17, 15) is 0 Å². The van der Waals surface area contributed by atoms with Crippen molar-refractivity contribution in [3.63, 3.8) is 0 Å². The lowest BCUT2D eigenvalue weighted by Crippen LogP contribution is -1.87. The summed E-state index contributed by atoms with van der Waals surface area (Å²) in [5.41, 5.74) is 5.89. The molecule has 0 radical (unpaired) electrons. The van der Waals surface area contributed by atoms with E-state index in [2.05, 4.69) is 13.5 Å². The number of rotatable bonds is 3. The molecule has 0 amide bonds. The minimum absolute atomic E-state index is 0.637. The molecule has 0 rings (SSSR count). The van der Waals surface area contributed by atoms with Crippen LogP contribution in [0.25, 0.3) is 0 Å². The molecule has 0 aliphatic rings. The van der Waals surface area contributed by atoms with Gasteiger partial charge in [0.2, 0.25) is 0 Å². The van der Waals surface area contributed by atoms with Crippen LogP contribution in [0.15, 0.2) is 24.4 Å². The van der Waals surface area contributed by atoms with E-state index < -0.39 is 0 Å². The molecule has 0 aromatic rings. The van der Waals surface area contributed by atoms with E-state index in [1.54, 1.807) is 0 Å². The molecule has 0 aliphatic heterocycles. The predicted molar refractivity (Wildman–Crippen MR) is 37.4 cm³/mol. The fourth-order valence-electron chi connectivity index (χ4n) is 0.401. The van der Waals surface area contributed by atoms with Gasteiger partial charge in [0.15, 0.2) is 0 Å². The molecule has 1 heteroatoms. The molecule has 0 atom stereocenters. The van der Waals surface area contributed by atoms with Gasteiger partial charge in [0, 0.05) is 5.70 Å². The third-order valence-corrected chi connectivity index (χ3v) is 0.787. The minimum Gasteiger partial charge on any atom is -0.399 e. The van der Waals surface area contributed by atoms with Crippen LogP contribution in [-0.4, -0.2) is 0 Å². The zero-order valence-corrected chi connectivity index (χ0v) is 5.35. The van der Waals surface area contributed by atoms with Crippen LogP contribution in [-0.2, 0) is 0 Å². The summed E-state index contributed by atoms with van der Waals surface area (Å²) in [6.45, 7) is 5.65. The van der Waals surface area contributed by atoms with Crippen molar-refractivity contribution in [2.24, 2.45) is 5.73 Å². The topological polar surface area (TPSA) is 26.0 Å². The van der Waals surface area contributed by atoms with E-state index in [0.717, 1.165) is 6.42 Å². The van der Waals surface area contributed by atoms with Gasteiger partial charge in [-0.1, -0.05) is 26.0 Å². The van der Waals surface area contributed by atoms with Gasteiger partial charge in [0.25, 0.3) is 0 Å². The van der Waals surface area contributed by atoms with Crippen molar-refractivity contribution in [1.82, 2.24) is 0 Å². The molecule has 0 bridgehead atoms. The van der Waals surface area contributed by atoms with Crippen LogP contribution >= 0.6 is 0 Å². The van der Waals surface area contributed by atoms with Crippen molar-refractivity contribution in [3.05, 3.63) is 24.4 Å². The molecule has 2 N–H and O–H groups in total. The Bertz CT molecular complexity index is 92.6. The summed E-state index contributed by atoms with van der Waals surface area (Å²) in [6.07, 6.45) is 6.13. The normalized spacial score (nSPS) is 10.1. The Kier molecular flexibility index (Phi) is 4.04. The van der Waals surface area contributed by atoms with Crippen molar-refractivity contribution in [3.8, 4) is 0 Å². The van der Waals surface area contributed by atoms with Crippen LogP contribution in [0, 0.1) is 0 Å². The van der Waals surface area contributed by atoms with Gasteiger partial charge in [0.05, 0.1) is 0 Å². The monoisotopic (exact) mass is 111 g/mol. The number of hydrogen-bond acceptors (Lipinski definition) is 1. The Morgan fingerprint density at radius 2 is 2.38 bits per heavy atom. The standard InChI is InChI=1S/C7H13N/c1-3-4-5-6-7(2)8/h5-6H,2-4,8H2,1H3/b6-5+. The second kappa shape index (κ2) is 4.44. The molecule has 0 heterocycles. The van der Waals surface area contributed by atoms with Crippen LogP contribution in [0.3, 0.4) is 0 Å². The summed E-state index contributed by atoms with van der Waals surface area (Å²) in [6, 6.07) is 0. The molecule has 8 heavy (non-hydrogen) atoms. The van der Waals surface area contributed by atoms with Gasteiger partial charge in [-0.3, -0.25) is 0 Å². The lowest BCUT2D eigenvalue weighted by atomic mass is 10.3. The maximum Gasteiger partial charge on any atom is 0.0237 e. The molecule has 0 aromatic carbocycles. The summed E-state index contributed by atoms with van der Waals surface area (Å²) in [5, 5.41) is 0. The van der Waals surface area contributed by atoms with Crippen molar-refractivity contribution in [1.29, 1.82) is 0 Å². The van der Waals surface area contributed by atoms with Crippen LogP contribution in [0.1, 0.15) is 19.8 Å². The number of allylic oxidation sites excluding steroid dienone is 2. The maximum atomic E-state index is 5.25. The van der Waals surface area contributed by atoms with Gasteiger partial charge in [-0.05, 0) is 12.5 Å². The lowest BCUT2D eigenvalue weighted by Gasteiger charge is -1.84. The summed E-state index contributed by atoms with van der Waals surface area (Å²) in [7, 11) is 0. The minimum atomic E-state index is 0.637. The van der Waals surface area contributed by atoms with Gasteiger partial charge in [-0.25, -0.2) is 0 Å². The van der Waals surface area contributed by atoms with Crippen molar-refractivity contribution in [2.45, 2.75) is 19.8 Å². The Hall–Kier alpha value is -0.720. The third kappa shape index (κ3) is 5.28.